The first-order chi connectivity index (χ1) is 9.70. The second-order valence-electron chi connectivity index (χ2n) is 5.52. The fraction of sp³-hybridized carbons (Fsp3) is 0.562. The molecular formula is C16H24N2O2. The van der Waals surface area contributed by atoms with Crippen LogP contribution < -0.4 is 5.73 Å². The Morgan fingerprint density at radius 3 is 2.45 bits per heavy atom. The molecule has 20 heavy (non-hydrogen) atoms. The lowest BCUT2D eigenvalue weighted by Crippen LogP contribution is -2.43. The van der Waals surface area contributed by atoms with Crippen LogP contribution >= 0.6 is 0 Å². The number of hydrogen-bond acceptors (Lipinski definition) is 3. The minimum atomic E-state index is 0.0317. The normalized spacial score (nSPS) is 16.1. The van der Waals surface area contributed by atoms with Crippen LogP contribution in [0.25, 0.3) is 0 Å². The van der Waals surface area contributed by atoms with Gasteiger partial charge in [-0.3, -0.25) is 4.79 Å². The van der Waals surface area contributed by atoms with Crippen molar-refractivity contribution in [1.29, 1.82) is 0 Å². The molecule has 4 heteroatoms. The van der Waals surface area contributed by atoms with E-state index in [1.54, 1.807) is 0 Å². The number of anilines is 1. The highest BCUT2D eigenvalue weighted by molar-refractivity contribution is 5.79. The van der Waals surface area contributed by atoms with Gasteiger partial charge in [-0.25, -0.2) is 0 Å². The Morgan fingerprint density at radius 1 is 1.20 bits per heavy atom. The van der Waals surface area contributed by atoms with Gasteiger partial charge in [0.15, 0.2) is 0 Å². The van der Waals surface area contributed by atoms with Gasteiger partial charge < -0.3 is 15.7 Å². The van der Waals surface area contributed by atoms with E-state index in [2.05, 4.69) is 0 Å². The molecule has 1 aliphatic rings. The van der Waals surface area contributed by atoms with Gasteiger partial charge in [0, 0.05) is 18.3 Å². The number of benzene rings is 1. The highest BCUT2D eigenvalue weighted by Gasteiger charge is 2.24. The van der Waals surface area contributed by atoms with Crippen LogP contribution in [0.5, 0.6) is 0 Å². The van der Waals surface area contributed by atoms with Gasteiger partial charge in [-0.1, -0.05) is 31.4 Å². The minimum Gasteiger partial charge on any atom is -0.399 e. The van der Waals surface area contributed by atoms with E-state index in [9.17, 15) is 9.90 Å². The van der Waals surface area contributed by atoms with Gasteiger partial charge in [-0.05, 0) is 30.5 Å². The summed E-state index contributed by atoms with van der Waals surface area (Å²) >= 11 is 0. The molecule has 0 radical (unpaired) electrons. The highest BCUT2D eigenvalue weighted by atomic mass is 16.3. The molecule has 1 fully saturated rings. The van der Waals surface area contributed by atoms with E-state index in [-0.39, 0.29) is 12.5 Å². The van der Waals surface area contributed by atoms with Crippen LogP contribution in [0, 0.1) is 0 Å². The monoisotopic (exact) mass is 276 g/mol. The van der Waals surface area contributed by atoms with Crippen molar-refractivity contribution in [2.45, 2.75) is 44.6 Å². The maximum atomic E-state index is 12.5. The van der Waals surface area contributed by atoms with Crippen molar-refractivity contribution in [1.82, 2.24) is 4.90 Å². The van der Waals surface area contributed by atoms with Crippen molar-refractivity contribution >= 4 is 11.6 Å². The molecule has 0 aromatic heterocycles. The van der Waals surface area contributed by atoms with E-state index in [4.69, 9.17) is 5.73 Å². The van der Waals surface area contributed by atoms with Crippen LogP contribution in [0.1, 0.15) is 37.7 Å². The van der Waals surface area contributed by atoms with Gasteiger partial charge in [0.05, 0.1) is 13.0 Å². The van der Waals surface area contributed by atoms with E-state index in [0.29, 0.717) is 24.7 Å². The molecule has 0 atom stereocenters. The number of aliphatic hydroxyl groups is 1. The zero-order chi connectivity index (χ0) is 14.4. The largest absolute Gasteiger partial charge is 0.399 e. The first-order valence-corrected chi connectivity index (χ1v) is 7.45. The molecule has 0 bridgehead atoms. The molecule has 0 unspecified atom stereocenters. The third-order valence-electron chi connectivity index (χ3n) is 4.01. The van der Waals surface area contributed by atoms with Crippen LogP contribution in [0.4, 0.5) is 5.69 Å². The van der Waals surface area contributed by atoms with Gasteiger partial charge in [0.2, 0.25) is 5.91 Å². The van der Waals surface area contributed by atoms with E-state index in [1.807, 2.05) is 29.2 Å². The fourth-order valence-electron chi connectivity index (χ4n) is 2.92. The maximum absolute atomic E-state index is 12.5. The van der Waals surface area contributed by atoms with Crippen molar-refractivity contribution in [2.75, 3.05) is 18.9 Å². The molecule has 3 N–H and O–H groups in total. The Labute approximate surface area is 120 Å². The third kappa shape index (κ3) is 3.97. The number of aliphatic hydroxyl groups excluding tert-OH is 1. The van der Waals surface area contributed by atoms with Gasteiger partial charge in [-0.2, -0.15) is 0 Å². The SMILES string of the molecule is Nc1ccc(CC(=O)N(CCO)C2CCCCC2)cc1. The van der Waals surface area contributed by atoms with Gasteiger partial charge >= 0.3 is 0 Å². The Kier molecular flexibility index (Phi) is 5.41. The van der Waals surface area contributed by atoms with Crippen LogP contribution in [0.15, 0.2) is 24.3 Å². The molecule has 0 heterocycles. The molecule has 1 aromatic rings. The fourth-order valence-corrected chi connectivity index (χ4v) is 2.92. The topological polar surface area (TPSA) is 66.6 Å². The maximum Gasteiger partial charge on any atom is 0.227 e. The summed E-state index contributed by atoms with van der Waals surface area (Å²) in [4.78, 5) is 14.3. The van der Waals surface area contributed by atoms with Crippen LogP contribution in [-0.4, -0.2) is 35.1 Å². The number of hydrogen-bond donors (Lipinski definition) is 2. The number of carbonyl (C=O) groups is 1. The van der Waals surface area contributed by atoms with Gasteiger partial charge in [-0.15, -0.1) is 0 Å². The summed E-state index contributed by atoms with van der Waals surface area (Å²) < 4.78 is 0. The molecule has 1 aliphatic carbocycles. The summed E-state index contributed by atoms with van der Waals surface area (Å²) in [7, 11) is 0. The Balaban J connectivity index is 2.00. The molecule has 1 saturated carbocycles. The summed E-state index contributed by atoms with van der Waals surface area (Å²) in [5, 5.41) is 9.21. The smallest absolute Gasteiger partial charge is 0.227 e. The number of nitrogens with two attached hydrogens (primary N) is 1. The number of carbonyl (C=O) groups excluding carboxylic acids is 1. The summed E-state index contributed by atoms with van der Waals surface area (Å²) in [6.07, 6.45) is 6.14. The zero-order valence-corrected chi connectivity index (χ0v) is 11.9. The predicted octanol–water partition coefficient (Wildman–Crippen LogP) is 1.96. The molecular weight excluding hydrogens is 252 g/mol. The third-order valence-corrected chi connectivity index (χ3v) is 4.01. The molecule has 2 rings (SSSR count). The second kappa shape index (κ2) is 7.29. The first kappa shape index (κ1) is 14.9. The summed E-state index contributed by atoms with van der Waals surface area (Å²) in [6.45, 7) is 0.475. The van der Waals surface area contributed by atoms with Crippen LogP contribution in [0.2, 0.25) is 0 Å². The Bertz CT molecular complexity index is 425. The number of nitrogens with zero attached hydrogens (tertiary/aromatic N) is 1. The molecule has 4 nitrogen and oxygen atoms in total. The predicted molar refractivity (Wildman–Crippen MR) is 80.2 cm³/mol. The lowest BCUT2D eigenvalue weighted by atomic mass is 9.93. The molecule has 0 spiro atoms. The van der Waals surface area contributed by atoms with Crippen molar-refractivity contribution in [3.8, 4) is 0 Å². The van der Waals surface area contributed by atoms with Crippen molar-refractivity contribution < 1.29 is 9.90 Å². The van der Waals surface area contributed by atoms with Crippen molar-refractivity contribution in [2.24, 2.45) is 0 Å². The van der Waals surface area contributed by atoms with E-state index in [1.165, 1.54) is 19.3 Å². The average molecular weight is 276 g/mol. The van der Waals surface area contributed by atoms with Gasteiger partial charge in [0.25, 0.3) is 0 Å². The first-order valence-electron chi connectivity index (χ1n) is 7.45. The second-order valence-corrected chi connectivity index (χ2v) is 5.52. The van der Waals surface area contributed by atoms with Gasteiger partial charge in [0.1, 0.15) is 0 Å². The molecule has 110 valence electrons. The molecule has 1 amide bonds. The van der Waals surface area contributed by atoms with Crippen molar-refractivity contribution in [3.05, 3.63) is 29.8 Å². The Hall–Kier alpha value is -1.55. The minimum absolute atomic E-state index is 0.0317. The highest BCUT2D eigenvalue weighted by Crippen LogP contribution is 2.23. The number of nitrogen functional groups attached to an aromatic ring is 1. The molecule has 0 saturated heterocycles. The average Bonchev–Trinajstić information content (AvgIpc) is 2.48. The standard InChI is InChI=1S/C16H24N2O2/c17-14-8-6-13(7-9-14)12-16(20)18(10-11-19)15-4-2-1-3-5-15/h6-9,15,19H,1-5,10-12,17H2. The quantitative estimate of drug-likeness (QED) is 0.808. The lowest BCUT2D eigenvalue weighted by Gasteiger charge is -2.34. The molecule has 0 aliphatic heterocycles. The van der Waals surface area contributed by atoms with E-state index in [0.717, 1.165) is 18.4 Å². The Morgan fingerprint density at radius 2 is 1.85 bits per heavy atom. The van der Waals surface area contributed by atoms with Crippen molar-refractivity contribution in [3.63, 3.8) is 0 Å². The number of rotatable bonds is 5. The van der Waals surface area contributed by atoms with Crippen LogP contribution in [0.3, 0.4) is 0 Å². The summed E-state index contributed by atoms with van der Waals surface area (Å²) in [5.74, 6) is 0.107. The summed E-state index contributed by atoms with van der Waals surface area (Å²) in [6, 6.07) is 7.73. The molecule has 1 aromatic carbocycles. The lowest BCUT2D eigenvalue weighted by molar-refractivity contribution is -0.134. The van der Waals surface area contributed by atoms with E-state index >= 15 is 0 Å². The van der Waals surface area contributed by atoms with E-state index < -0.39 is 0 Å². The number of amides is 1. The summed E-state index contributed by atoms with van der Waals surface area (Å²) in [5.41, 5.74) is 7.34. The van der Waals surface area contributed by atoms with Crippen LogP contribution in [-0.2, 0) is 11.2 Å². The zero-order valence-electron chi connectivity index (χ0n) is 11.9.